The highest BCUT2D eigenvalue weighted by Gasteiger charge is 2.14. The normalized spacial score (nSPS) is 11.9. The fourth-order valence-electron chi connectivity index (χ4n) is 2.71. The molecule has 0 aliphatic heterocycles. The zero-order valence-electron chi connectivity index (χ0n) is 15.0. The van der Waals surface area contributed by atoms with Crippen molar-refractivity contribution >= 4 is 6.21 Å². The molecular formula is C22H20FN3O. The molecule has 3 rings (SSSR count). The molecule has 0 bridgehead atoms. The standard InChI is InChI=1S/C22H20FN3O/c1-3-15(12-13-24-2)14-20-21(16-4-8-18(23)9-5-16)26-22(25-20)17-6-10-19(27)11-7-17/h3-13,27H,1,14H2,2H3,(H,25,26)/b15-12+,24-13?. The summed E-state index contributed by atoms with van der Waals surface area (Å²) in [7, 11) is 1.71. The van der Waals surface area contributed by atoms with Crippen molar-refractivity contribution in [2.75, 3.05) is 7.05 Å². The largest absolute Gasteiger partial charge is 0.508 e. The molecule has 1 heterocycles. The fourth-order valence-corrected chi connectivity index (χ4v) is 2.71. The van der Waals surface area contributed by atoms with Crippen LogP contribution in [0.25, 0.3) is 22.6 Å². The van der Waals surface area contributed by atoms with Gasteiger partial charge in [-0.15, -0.1) is 0 Å². The minimum absolute atomic E-state index is 0.194. The van der Waals surface area contributed by atoms with Crippen LogP contribution in [-0.2, 0) is 6.42 Å². The van der Waals surface area contributed by atoms with Gasteiger partial charge in [0.2, 0.25) is 0 Å². The Morgan fingerprint density at radius 2 is 1.81 bits per heavy atom. The first kappa shape index (κ1) is 18.3. The smallest absolute Gasteiger partial charge is 0.138 e. The van der Waals surface area contributed by atoms with E-state index in [1.54, 1.807) is 55.7 Å². The monoisotopic (exact) mass is 361 g/mol. The molecule has 0 radical (unpaired) electrons. The molecule has 27 heavy (non-hydrogen) atoms. The lowest BCUT2D eigenvalue weighted by Gasteiger charge is -2.04. The maximum Gasteiger partial charge on any atom is 0.138 e. The van der Waals surface area contributed by atoms with Gasteiger partial charge in [0.15, 0.2) is 0 Å². The maximum atomic E-state index is 13.3. The van der Waals surface area contributed by atoms with Gasteiger partial charge in [-0.1, -0.05) is 12.7 Å². The van der Waals surface area contributed by atoms with Gasteiger partial charge in [-0.25, -0.2) is 9.37 Å². The van der Waals surface area contributed by atoms with Crippen molar-refractivity contribution in [3.05, 3.63) is 84.3 Å². The molecule has 2 aromatic carbocycles. The predicted molar refractivity (Wildman–Crippen MR) is 107 cm³/mol. The number of aromatic hydroxyl groups is 1. The summed E-state index contributed by atoms with van der Waals surface area (Å²) in [5, 5.41) is 9.50. The number of allylic oxidation sites excluding steroid dienone is 3. The number of aromatic nitrogens is 2. The molecule has 0 amide bonds. The third-order valence-electron chi connectivity index (χ3n) is 4.12. The van der Waals surface area contributed by atoms with Gasteiger partial charge in [0.25, 0.3) is 0 Å². The van der Waals surface area contributed by atoms with Crippen LogP contribution in [0.15, 0.2) is 77.8 Å². The Labute approximate surface area is 157 Å². The van der Waals surface area contributed by atoms with Crippen LogP contribution >= 0.6 is 0 Å². The van der Waals surface area contributed by atoms with E-state index >= 15 is 0 Å². The lowest BCUT2D eigenvalue weighted by atomic mass is 10.0. The van der Waals surface area contributed by atoms with E-state index in [-0.39, 0.29) is 11.6 Å². The Morgan fingerprint density at radius 1 is 1.15 bits per heavy atom. The topological polar surface area (TPSA) is 61.3 Å². The Morgan fingerprint density at radius 3 is 2.44 bits per heavy atom. The zero-order chi connectivity index (χ0) is 19.2. The van der Waals surface area contributed by atoms with Crippen molar-refractivity contribution in [2.45, 2.75) is 6.42 Å². The van der Waals surface area contributed by atoms with Crippen LogP contribution in [0.5, 0.6) is 5.75 Å². The Balaban J connectivity index is 2.07. The van der Waals surface area contributed by atoms with E-state index in [4.69, 9.17) is 4.98 Å². The first-order valence-corrected chi connectivity index (χ1v) is 8.48. The van der Waals surface area contributed by atoms with Crippen molar-refractivity contribution in [1.29, 1.82) is 0 Å². The molecule has 0 spiro atoms. The number of H-pyrrole nitrogens is 1. The molecule has 0 saturated carbocycles. The van der Waals surface area contributed by atoms with Crippen molar-refractivity contribution in [3.8, 4) is 28.4 Å². The third-order valence-corrected chi connectivity index (χ3v) is 4.12. The number of phenolic OH excluding ortho intramolecular Hbond substituents is 1. The minimum atomic E-state index is -0.291. The second-order valence-corrected chi connectivity index (χ2v) is 6.00. The summed E-state index contributed by atoms with van der Waals surface area (Å²) >= 11 is 0. The van der Waals surface area contributed by atoms with Crippen LogP contribution in [0.2, 0.25) is 0 Å². The molecule has 0 aliphatic rings. The van der Waals surface area contributed by atoms with Gasteiger partial charge < -0.3 is 10.1 Å². The minimum Gasteiger partial charge on any atom is -0.508 e. The summed E-state index contributed by atoms with van der Waals surface area (Å²) in [6.07, 6.45) is 5.96. The zero-order valence-corrected chi connectivity index (χ0v) is 15.0. The van der Waals surface area contributed by atoms with Crippen molar-refractivity contribution in [2.24, 2.45) is 4.99 Å². The average Bonchev–Trinajstić information content (AvgIpc) is 3.10. The molecule has 0 aliphatic carbocycles. The summed E-state index contributed by atoms with van der Waals surface area (Å²) in [6.45, 7) is 3.86. The summed E-state index contributed by atoms with van der Waals surface area (Å²) in [6, 6.07) is 13.1. The molecule has 5 heteroatoms. The summed E-state index contributed by atoms with van der Waals surface area (Å²) in [5.41, 5.74) is 4.28. The van der Waals surface area contributed by atoms with Crippen LogP contribution < -0.4 is 0 Å². The number of rotatable bonds is 6. The van der Waals surface area contributed by atoms with E-state index < -0.39 is 0 Å². The van der Waals surface area contributed by atoms with Crippen molar-refractivity contribution in [3.63, 3.8) is 0 Å². The number of halogens is 1. The van der Waals surface area contributed by atoms with Gasteiger partial charge in [0.05, 0.1) is 5.69 Å². The SMILES string of the molecule is C=C/C(=C\C=NC)Cc1[nH]c(-c2ccc(O)cc2)nc1-c1ccc(F)cc1. The second-order valence-electron chi connectivity index (χ2n) is 6.00. The van der Waals surface area contributed by atoms with Crippen LogP contribution in [0.4, 0.5) is 4.39 Å². The molecule has 4 nitrogen and oxygen atoms in total. The van der Waals surface area contributed by atoms with Crippen LogP contribution in [0.3, 0.4) is 0 Å². The fraction of sp³-hybridized carbons (Fsp3) is 0.0909. The van der Waals surface area contributed by atoms with Gasteiger partial charge in [0, 0.05) is 36.5 Å². The van der Waals surface area contributed by atoms with Gasteiger partial charge in [-0.3, -0.25) is 4.99 Å². The molecule has 0 atom stereocenters. The lowest BCUT2D eigenvalue weighted by Crippen LogP contribution is -1.93. The molecule has 3 aromatic rings. The Bertz CT molecular complexity index is 983. The predicted octanol–water partition coefficient (Wildman–Crippen LogP) is 4.94. The number of aromatic amines is 1. The molecule has 0 saturated heterocycles. The summed E-state index contributed by atoms with van der Waals surface area (Å²) in [4.78, 5) is 12.1. The van der Waals surface area contributed by atoms with Crippen molar-refractivity contribution in [1.82, 2.24) is 9.97 Å². The molecular weight excluding hydrogens is 341 g/mol. The number of benzene rings is 2. The van der Waals surface area contributed by atoms with E-state index in [1.807, 2.05) is 6.08 Å². The highest BCUT2D eigenvalue weighted by Crippen LogP contribution is 2.28. The second kappa shape index (κ2) is 8.27. The number of imidazole rings is 1. The summed E-state index contributed by atoms with van der Waals surface area (Å²) < 4.78 is 13.3. The Kier molecular flexibility index (Phi) is 5.61. The van der Waals surface area contributed by atoms with Crippen LogP contribution in [0.1, 0.15) is 5.69 Å². The van der Waals surface area contributed by atoms with E-state index in [1.165, 1.54) is 12.1 Å². The number of phenols is 1. The summed E-state index contributed by atoms with van der Waals surface area (Å²) in [5.74, 6) is 0.581. The third kappa shape index (κ3) is 4.39. The first-order valence-electron chi connectivity index (χ1n) is 8.48. The van der Waals surface area contributed by atoms with Crippen molar-refractivity contribution < 1.29 is 9.50 Å². The van der Waals surface area contributed by atoms with E-state index in [2.05, 4.69) is 16.6 Å². The van der Waals surface area contributed by atoms with E-state index in [0.717, 1.165) is 28.1 Å². The number of nitrogens with zero attached hydrogens (tertiary/aromatic N) is 2. The van der Waals surface area contributed by atoms with E-state index in [9.17, 15) is 9.50 Å². The maximum absolute atomic E-state index is 13.3. The molecule has 0 fully saturated rings. The average molecular weight is 361 g/mol. The van der Waals surface area contributed by atoms with Gasteiger partial charge >= 0.3 is 0 Å². The molecule has 136 valence electrons. The number of hydrogen-bond donors (Lipinski definition) is 2. The highest BCUT2D eigenvalue weighted by molar-refractivity contribution is 5.74. The quantitative estimate of drug-likeness (QED) is 0.482. The van der Waals surface area contributed by atoms with Gasteiger partial charge in [0.1, 0.15) is 17.4 Å². The van der Waals surface area contributed by atoms with Gasteiger partial charge in [-0.2, -0.15) is 0 Å². The van der Waals surface area contributed by atoms with E-state index in [0.29, 0.717) is 12.2 Å². The van der Waals surface area contributed by atoms with Crippen LogP contribution in [-0.4, -0.2) is 28.3 Å². The first-order chi connectivity index (χ1) is 13.1. The molecule has 0 unspecified atom stereocenters. The van der Waals surface area contributed by atoms with Crippen LogP contribution in [0, 0.1) is 5.82 Å². The molecule has 2 N–H and O–H groups in total. The lowest BCUT2D eigenvalue weighted by molar-refractivity contribution is 0.475. The Hall–Kier alpha value is -3.47. The number of aliphatic imine (C=N–C) groups is 1. The highest BCUT2D eigenvalue weighted by atomic mass is 19.1. The molecule has 1 aromatic heterocycles. The number of nitrogens with one attached hydrogen (secondary N) is 1. The number of hydrogen-bond acceptors (Lipinski definition) is 3. The van der Waals surface area contributed by atoms with Gasteiger partial charge in [-0.05, 0) is 60.2 Å².